The van der Waals surface area contributed by atoms with E-state index in [1.54, 1.807) is 35.6 Å². The van der Waals surface area contributed by atoms with Crippen LogP contribution in [0.4, 0.5) is 0 Å². The normalized spacial score (nSPS) is 10.4. The minimum atomic E-state index is -0.386. The summed E-state index contributed by atoms with van der Waals surface area (Å²) in [6, 6.07) is 14.7. The number of hydrogen-bond acceptors (Lipinski definition) is 5. The van der Waals surface area contributed by atoms with E-state index < -0.39 is 0 Å². The summed E-state index contributed by atoms with van der Waals surface area (Å²) in [7, 11) is 0. The third-order valence-electron chi connectivity index (χ3n) is 3.95. The zero-order chi connectivity index (χ0) is 19.2. The maximum atomic E-state index is 12.2. The molecule has 3 rings (SSSR count). The predicted octanol–water partition coefficient (Wildman–Crippen LogP) is 4.02. The van der Waals surface area contributed by atoms with Gasteiger partial charge in [0.25, 0.3) is 5.91 Å². The van der Waals surface area contributed by atoms with E-state index in [-0.39, 0.29) is 11.9 Å². The van der Waals surface area contributed by atoms with E-state index in [0.29, 0.717) is 17.9 Å². The van der Waals surface area contributed by atoms with Crippen molar-refractivity contribution in [3.63, 3.8) is 0 Å². The molecule has 0 aliphatic heterocycles. The van der Waals surface area contributed by atoms with Crippen LogP contribution in [0.3, 0.4) is 0 Å². The van der Waals surface area contributed by atoms with Crippen molar-refractivity contribution in [1.29, 1.82) is 0 Å². The molecule has 0 fully saturated rings. The van der Waals surface area contributed by atoms with Crippen LogP contribution in [0, 0.1) is 6.92 Å². The number of carbonyl (C=O) groups excluding carboxylic acids is 2. The van der Waals surface area contributed by atoms with Crippen LogP contribution >= 0.6 is 11.3 Å². The Morgan fingerprint density at radius 2 is 1.78 bits per heavy atom. The van der Waals surface area contributed by atoms with Gasteiger partial charge in [0, 0.05) is 30.0 Å². The lowest BCUT2D eigenvalue weighted by molar-refractivity contribution is -0.131. The minimum absolute atomic E-state index is 0.154. The number of thiazole rings is 1. The number of aryl methyl sites for hydroxylation is 1. The average molecular weight is 380 g/mol. The number of nitrogens with zero attached hydrogens (tertiary/aromatic N) is 1. The predicted molar refractivity (Wildman–Crippen MR) is 106 cm³/mol. The van der Waals surface area contributed by atoms with Gasteiger partial charge in [-0.25, -0.2) is 4.98 Å². The highest BCUT2D eigenvalue weighted by Gasteiger charge is 2.07. The Bertz CT molecular complexity index is 931. The molecule has 3 aromatic rings. The molecule has 138 valence electrons. The van der Waals surface area contributed by atoms with Gasteiger partial charge in [-0.05, 0) is 43.2 Å². The second-order valence-electron chi connectivity index (χ2n) is 6.07. The fourth-order valence-electron chi connectivity index (χ4n) is 2.60. The summed E-state index contributed by atoms with van der Waals surface area (Å²) in [5.41, 5.74) is 3.77. The highest BCUT2D eigenvalue weighted by atomic mass is 32.1. The molecule has 1 N–H and O–H groups in total. The second-order valence-corrected chi connectivity index (χ2v) is 7.13. The molecule has 0 radical (unpaired) electrons. The van der Waals surface area contributed by atoms with Crippen LogP contribution in [-0.2, 0) is 11.2 Å². The van der Waals surface area contributed by atoms with Crippen LogP contribution in [0.5, 0.6) is 5.75 Å². The van der Waals surface area contributed by atoms with Crippen molar-refractivity contribution in [1.82, 2.24) is 10.3 Å². The molecule has 1 aromatic heterocycles. The first kappa shape index (κ1) is 18.8. The SMILES string of the molecule is CC(=O)Oc1ccc(C(=O)NCCc2ccc(-c3csc(C)n3)cc2)cc1. The van der Waals surface area contributed by atoms with Crippen LogP contribution < -0.4 is 10.1 Å². The number of benzene rings is 2. The fraction of sp³-hybridized carbons (Fsp3) is 0.190. The molecule has 0 saturated heterocycles. The summed E-state index contributed by atoms with van der Waals surface area (Å²) >= 11 is 1.64. The third-order valence-corrected chi connectivity index (χ3v) is 4.72. The Labute approximate surface area is 162 Å². The van der Waals surface area contributed by atoms with E-state index in [2.05, 4.69) is 39.9 Å². The standard InChI is InChI=1S/C21H20N2O3S/c1-14-23-20(13-27-14)17-5-3-16(4-6-17)11-12-22-21(25)18-7-9-19(10-8-18)26-15(2)24/h3-10,13H,11-12H2,1-2H3,(H,22,25). The van der Waals surface area contributed by atoms with Gasteiger partial charge in [-0.1, -0.05) is 24.3 Å². The molecule has 1 heterocycles. The maximum absolute atomic E-state index is 12.2. The summed E-state index contributed by atoms with van der Waals surface area (Å²) in [4.78, 5) is 27.6. The summed E-state index contributed by atoms with van der Waals surface area (Å²) in [6.07, 6.45) is 0.744. The Balaban J connectivity index is 1.50. The Hall–Kier alpha value is -2.99. The first-order valence-corrected chi connectivity index (χ1v) is 9.47. The molecule has 0 bridgehead atoms. The molecule has 0 unspecified atom stereocenters. The van der Waals surface area contributed by atoms with Gasteiger partial charge in [-0.3, -0.25) is 9.59 Å². The lowest BCUT2D eigenvalue weighted by atomic mass is 10.1. The number of carbonyl (C=O) groups is 2. The zero-order valence-electron chi connectivity index (χ0n) is 15.2. The van der Waals surface area contributed by atoms with Crippen LogP contribution in [0.25, 0.3) is 11.3 Å². The molecule has 0 saturated carbocycles. The quantitative estimate of drug-likeness (QED) is 0.518. The van der Waals surface area contributed by atoms with E-state index in [1.807, 2.05) is 6.92 Å². The molecule has 0 aliphatic rings. The number of amides is 1. The third kappa shape index (κ3) is 5.24. The largest absolute Gasteiger partial charge is 0.427 e. The summed E-state index contributed by atoms with van der Waals surface area (Å²) in [5, 5.41) is 6.01. The molecule has 0 spiro atoms. The Morgan fingerprint density at radius 3 is 2.37 bits per heavy atom. The lowest BCUT2D eigenvalue weighted by Gasteiger charge is -2.07. The van der Waals surface area contributed by atoms with E-state index >= 15 is 0 Å². The van der Waals surface area contributed by atoms with Gasteiger partial charge >= 0.3 is 5.97 Å². The maximum Gasteiger partial charge on any atom is 0.308 e. The van der Waals surface area contributed by atoms with E-state index in [4.69, 9.17) is 4.74 Å². The Morgan fingerprint density at radius 1 is 1.07 bits per heavy atom. The summed E-state index contributed by atoms with van der Waals surface area (Å²) < 4.78 is 4.96. The molecule has 0 aliphatic carbocycles. The van der Waals surface area contributed by atoms with Crippen molar-refractivity contribution in [3.05, 3.63) is 70.0 Å². The van der Waals surface area contributed by atoms with Crippen molar-refractivity contribution in [2.45, 2.75) is 20.3 Å². The number of esters is 1. The van der Waals surface area contributed by atoms with Crippen molar-refractivity contribution >= 4 is 23.2 Å². The molecule has 27 heavy (non-hydrogen) atoms. The molecule has 5 nitrogen and oxygen atoms in total. The molecular weight excluding hydrogens is 360 g/mol. The van der Waals surface area contributed by atoms with Crippen LogP contribution in [-0.4, -0.2) is 23.4 Å². The fourth-order valence-corrected chi connectivity index (χ4v) is 3.22. The number of aromatic nitrogens is 1. The monoisotopic (exact) mass is 380 g/mol. The van der Waals surface area contributed by atoms with Crippen molar-refractivity contribution in [2.75, 3.05) is 6.54 Å². The first-order chi connectivity index (χ1) is 13.0. The van der Waals surface area contributed by atoms with Crippen LogP contribution in [0.15, 0.2) is 53.9 Å². The number of hydrogen-bond donors (Lipinski definition) is 1. The van der Waals surface area contributed by atoms with Crippen LogP contribution in [0.1, 0.15) is 27.9 Å². The van der Waals surface area contributed by atoms with Crippen molar-refractivity contribution < 1.29 is 14.3 Å². The molecule has 0 atom stereocenters. The number of rotatable bonds is 6. The smallest absolute Gasteiger partial charge is 0.308 e. The second kappa shape index (κ2) is 8.60. The van der Waals surface area contributed by atoms with Gasteiger partial charge in [0.1, 0.15) is 5.75 Å². The summed E-state index contributed by atoms with van der Waals surface area (Å²) in [5.74, 6) is -0.114. The highest BCUT2D eigenvalue weighted by molar-refractivity contribution is 7.09. The van der Waals surface area contributed by atoms with Crippen molar-refractivity contribution in [2.24, 2.45) is 0 Å². The Kier molecular flexibility index (Phi) is 5.98. The van der Waals surface area contributed by atoms with Crippen molar-refractivity contribution in [3.8, 4) is 17.0 Å². The van der Waals surface area contributed by atoms with E-state index in [1.165, 1.54) is 6.92 Å². The summed E-state index contributed by atoms with van der Waals surface area (Å²) in [6.45, 7) is 3.87. The molecule has 6 heteroatoms. The van der Waals surface area contributed by atoms with Gasteiger partial charge in [-0.2, -0.15) is 0 Å². The lowest BCUT2D eigenvalue weighted by Crippen LogP contribution is -2.25. The topological polar surface area (TPSA) is 68.3 Å². The number of ether oxygens (including phenoxy) is 1. The molecule has 2 aromatic carbocycles. The minimum Gasteiger partial charge on any atom is -0.427 e. The van der Waals surface area contributed by atoms with Gasteiger partial charge < -0.3 is 10.1 Å². The highest BCUT2D eigenvalue weighted by Crippen LogP contribution is 2.21. The van der Waals surface area contributed by atoms with Gasteiger partial charge in [0.05, 0.1) is 10.7 Å². The van der Waals surface area contributed by atoms with Gasteiger partial charge in [0.15, 0.2) is 0 Å². The average Bonchev–Trinajstić information content (AvgIpc) is 3.09. The van der Waals surface area contributed by atoms with Gasteiger partial charge in [0.2, 0.25) is 0 Å². The van der Waals surface area contributed by atoms with Gasteiger partial charge in [-0.15, -0.1) is 11.3 Å². The zero-order valence-corrected chi connectivity index (χ0v) is 16.0. The van der Waals surface area contributed by atoms with E-state index in [9.17, 15) is 9.59 Å². The molecule has 1 amide bonds. The molecular formula is C21H20N2O3S. The van der Waals surface area contributed by atoms with Crippen LogP contribution in [0.2, 0.25) is 0 Å². The van der Waals surface area contributed by atoms with E-state index in [0.717, 1.165) is 28.2 Å². The first-order valence-electron chi connectivity index (χ1n) is 8.59. The number of nitrogens with one attached hydrogen (secondary N) is 1.